The third-order valence-corrected chi connectivity index (χ3v) is 2.57. The van der Waals surface area contributed by atoms with Gasteiger partial charge in [0.05, 0.1) is 4.90 Å². The van der Waals surface area contributed by atoms with Crippen molar-refractivity contribution >= 4 is 22.1 Å². The fourth-order valence-electron chi connectivity index (χ4n) is 1.12. The monoisotopic (exact) mass is 274 g/mol. The molecule has 0 saturated heterocycles. The molecule has 0 atom stereocenters. The molecule has 98 valence electrons. The van der Waals surface area contributed by atoms with Crippen LogP contribution in [0.5, 0.6) is 11.5 Å². The number of carbonyl (C=O) groups excluding carboxylic acids is 2. The van der Waals surface area contributed by atoms with Gasteiger partial charge in [0.1, 0.15) is 0 Å². The van der Waals surface area contributed by atoms with Gasteiger partial charge in [0.25, 0.3) is 10.1 Å². The van der Waals surface area contributed by atoms with Gasteiger partial charge in [-0.05, 0) is 12.1 Å². The van der Waals surface area contributed by atoms with Crippen LogP contribution >= 0.6 is 0 Å². The Bertz CT molecular complexity index is 588. The van der Waals surface area contributed by atoms with E-state index in [4.69, 9.17) is 14.0 Å². The highest BCUT2D eigenvalue weighted by atomic mass is 32.2. The van der Waals surface area contributed by atoms with Crippen LogP contribution in [0, 0.1) is 0 Å². The summed E-state index contributed by atoms with van der Waals surface area (Å²) >= 11 is 0. The van der Waals surface area contributed by atoms with E-state index in [1.54, 1.807) is 0 Å². The standard InChI is InChI=1S/C10H10O7S/c1-6(11)16-9-4-3-8(18(13,14)15)5-10(9)17-7(2)12/h3-5H,1-2H3,(H,13,14,15). The lowest BCUT2D eigenvalue weighted by Crippen LogP contribution is -2.08. The molecule has 0 radical (unpaired) electrons. The first-order valence-corrected chi connectivity index (χ1v) is 6.12. The summed E-state index contributed by atoms with van der Waals surface area (Å²) in [5.41, 5.74) is 0. The van der Waals surface area contributed by atoms with Gasteiger partial charge in [-0.25, -0.2) is 0 Å². The number of esters is 2. The van der Waals surface area contributed by atoms with Crippen LogP contribution < -0.4 is 9.47 Å². The Hall–Kier alpha value is -1.93. The topological polar surface area (TPSA) is 107 Å². The lowest BCUT2D eigenvalue weighted by Gasteiger charge is -2.09. The lowest BCUT2D eigenvalue weighted by molar-refractivity contribution is -0.134. The quantitative estimate of drug-likeness (QED) is 0.493. The smallest absolute Gasteiger partial charge is 0.308 e. The maximum Gasteiger partial charge on any atom is 0.308 e. The zero-order valence-electron chi connectivity index (χ0n) is 9.54. The SMILES string of the molecule is CC(=O)Oc1ccc(S(=O)(=O)O)cc1OC(C)=O. The first kappa shape index (κ1) is 14.1. The molecule has 0 heterocycles. The van der Waals surface area contributed by atoms with Crippen molar-refractivity contribution in [3.63, 3.8) is 0 Å². The van der Waals surface area contributed by atoms with E-state index < -0.39 is 27.0 Å². The largest absolute Gasteiger partial charge is 0.423 e. The number of carbonyl (C=O) groups is 2. The zero-order chi connectivity index (χ0) is 13.9. The Labute approximate surface area is 103 Å². The van der Waals surface area contributed by atoms with E-state index in [9.17, 15) is 18.0 Å². The normalized spacial score (nSPS) is 10.8. The predicted molar refractivity (Wildman–Crippen MR) is 58.9 cm³/mol. The van der Waals surface area contributed by atoms with E-state index in [-0.39, 0.29) is 11.5 Å². The molecule has 1 aromatic carbocycles. The summed E-state index contributed by atoms with van der Waals surface area (Å²) in [5.74, 6) is -1.78. The summed E-state index contributed by atoms with van der Waals surface area (Å²) in [4.78, 5) is 21.2. The van der Waals surface area contributed by atoms with E-state index in [1.807, 2.05) is 0 Å². The molecule has 0 bridgehead atoms. The van der Waals surface area contributed by atoms with Gasteiger partial charge in [-0.2, -0.15) is 8.42 Å². The highest BCUT2D eigenvalue weighted by molar-refractivity contribution is 7.85. The van der Waals surface area contributed by atoms with Gasteiger partial charge in [-0.3, -0.25) is 14.1 Å². The summed E-state index contributed by atoms with van der Waals surface area (Å²) < 4.78 is 40.1. The first-order valence-electron chi connectivity index (χ1n) is 4.68. The molecule has 0 unspecified atom stereocenters. The lowest BCUT2D eigenvalue weighted by atomic mass is 10.3. The third-order valence-electron chi connectivity index (χ3n) is 1.72. The average molecular weight is 274 g/mol. The molecule has 1 N–H and O–H groups in total. The Morgan fingerprint density at radius 3 is 2.00 bits per heavy atom. The van der Waals surface area contributed by atoms with Crippen molar-refractivity contribution in [2.24, 2.45) is 0 Å². The van der Waals surface area contributed by atoms with Crippen molar-refractivity contribution in [2.75, 3.05) is 0 Å². The minimum Gasteiger partial charge on any atom is -0.423 e. The highest BCUT2D eigenvalue weighted by Crippen LogP contribution is 2.30. The van der Waals surface area contributed by atoms with Crippen molar-refractivity contribution < 1.29 is 32.0 Å². The molecule has 0 aromatic heterocycles. The van der Waals surface area contributed by atoms with E-state index >= 15 is 0 Å². The maximum atomic E-state index is 10.9. The Balaban J connectivity index is 3.28. The van der Waals surface area contributed by atoms with Gasteiger partial charge in [-0.1, -0.05) is 0 Å². The molecule has 0 saturated carbocycles. The number of hydrogen-bond acceptors (Lipinski definition) is 6. The second-order valence-electron chi connectivity index (χ2n) is 3.27. The molecule has 0 amide bonds. The van der Waals surface area contributed by atoms with Crippen LogP contribution in [-0.4, -0.2) is 24.9 Å². The molecule has 7 nitrogen and oxygen atoms in total. The zero-order valence-corrected chi connectivity index (χ0v) is 10.4. The molecule has 1 aromatic rings. The molecule has 0 fully saturated rings. The van der Waals surface area contributed by atoms with E-state index in [0.29, 0.717) is 0 Å². The number of hydrogen-bond donors (Lipinski definition) is 1. The van der Waals surface area contributed by atoms with Crippen molar-refractivity contribution in [1.29, 1.82) is 0 Å². The van der Waals surface area contributed by atoms with Gasteiger partial charge >= 0.3 is 11.9 Å². The van der Waals surface area contributed by atoms with Crippen LogP contribution in [0.4, 0.5) is 0 Å². The van der Waals surface area contributed by atoms with Crippen molar-refractivity contribution in [3.8, 4) is 11.5 Å². The highest BCUT2D eigenvalue weighted by Gasteiger charge is 2.16. The van der Waals surface area contributed by atoms with E-state index in [0.717, 1.165) is 32.0 Å². The van der Waals surface area contributed by atoms with Gasteiger partial charge in [0.15, 0.2) is 11.5 Å². The summed E-state index contributed by atoms with van der Waals surface area (Å²) in [6.45, 7) is 2.23. The first-order chi connectivity index (χ1) is 8.20. The number of benzene rings is 1. The minimum atomic E-state index is -4.44. The number of ether oxygens (including phenoxy) is 2. The average Bonchev–Trinajstić information content (AvgIpc) is 2.17. The summed E-state index contributed by atoms with van der Waals surface area (Å²) in [5, 5.41) is 0. The molecular formula is C10H10O7S. The summed E-state index contributed by atoms with van der Waals surface area (Å²) in [6, 6.07) is 3.00. The van der Waals surface area contributed by atoms with Crippen LogP contribution in [0.25, 0.3) is 0 Å². The van der Waals surface area contributed by atoms with Gasteiger partial charge in [0, 0.05) is 19.9 Å². The van der Waals surface area contributed by atoms with Crippen molar-refractivity contribution in [2.45, 2.75) is 18.7 Å². The van der Waals surface area contributed by atoms with Gasteiger partial charge in [-0.15, -0.1) is 0 Å². The molecule has 0 aliphatic heterocycles. The molecule has 18 heavy (non-hydrogen) atoms. The summed E-state index contributed by atoms with van der Waals surface area (Å²) in [6.07, 6.45) is 0. The number of rotatable bonds is 3. The maximum absolute atomic E-state index is 10.9. The molecule has 0 spiro atoms. The third kappa shape index (κ3) is 3.82. The Morgan fingerprint density at radius 2 is 1.56 bits per heavy atom. The van der Waals surface area contributed by atoms with E-state index in [2.05, 4.69) is 0 Å². The van der Waals surface area contributed by atoms with Crippen LogP contribution in [0.1, 0.15) is 13.8 Å². The molecule has 0 aliphatic rings. The second-order valence-corrected chi connectivity index (χ2v) is 4.69. The van der Waals surface area contributed by atoms with E-state index in [1.165, 1.54) is 0 Å². The van der Waals surface area contributed by atoms with Gasteiger partial charge in [0.2, 0.25) is 0 Å². The fraction of sp³-hybridized carbons (Fsp3) is 0.200. The molecule has 1 rings (SSSR count). The second kappa shape index (κ2) is 5.15. The minimum absolute atomic E-state index is 0.120. The molecular weight excluding hydrogens is 264 g/mol. The van der Waals surface area contributed by atoms with Crippen molar-refractivity contribution in [3.05, 3.63) is 18.2 Å². The predicted octanol–water partition coefficient (Wildman–Crippen LogP) is 0.784. The fourth-order valence-corrected chi connectivity index (χ4v) is 1.62. The van der Waals surface area contributed by atoms with Crippen molar-refractivity contribution in [1.82, 2.24) is 0 Å². The van der Waals surface area contributed by atoms with Gasteiger partial charge < -0.3 is 9.47 Å². The Kier molecular flexibility index (Phi) is 4.04. The molecule has 0 aliphatic carbocycles. The summed E-state index contributed by atoms with van der Waals surface area (Å²) in [7, 11) is -4.44. The van der Waals surface area contributed by atoms with Crippen LogP contribution in [-0.2, 0) is 19.7 Å². The van der Waals surface area contributed by atoms with Crippen LogP contribution in [0.2, 0.25) is 0 Å². The van der Waals surface area contributed by atoms with Crippen LogP contribution in [0.15, 0.2) is 23.1 Å². The van der Waals surface area contributed by atoms with Crippen LogP contribution in [0.3, 0.4) is 0 Å². The molecule has 8 heteroatoms. The Morgan fingerprint density at radius 1 is 1.06 bits per heavy atom.